The summed E-state index contributed by atoms with van der Waals surface area (Å²) >= 11 is 5.66. The van der Waals surface area contributed by atoms with E-state index in [-0.39, 0.29) is 6.10 Å². The van der Waals surface area contributed by atoms with Crippen LogP contribution in [0.25, 0.3) is 0 Å². The topological polar surface area (TPSA) is 47.0 Å². The molecule has 0 aromatic carbocycles. The van der Waals surface area contributed by atoms with E-state index in [0.29, 0.717) is 11.0 Å². The molecule has 0 spiro atoms. The quantitative estimate of drug-likeness (QED) is 0.804. The maximum Gasteiger partial charge on any atom is 0.316 e. The van der Waals surface area contributed by atoms with Crippen molar-refractivity contribution in [3.8, 4) is 6.01 Å². The van der Waals surface area contributed by atoms with Crippen LogP contribution in [-0.2, 0) is 0 Å². The Labute approximate surface area is 87.7 Å². The predicted molar refractivity (Wildman–Crippen MR) is 53.6 cm³/mol. The maximum atomic E-state index is 5.66. The summed E-state index contributed by atoms with van der Waals surface area (Å²) in [5.41, 5.74) is 0. The van der Waals surface area contributed by atoms with Gasteiger partial charge in [-0.05, 0) is 19.4 Å². The molecule has 1 N–H and O–H groups in total. The third kappa shape index (κ3) is 2.56. The summed E-state index contributed by atoms with van der Waals surface area (Å²) in [4.78, 5) is 7.96. The fourth-order valence-electron chi connectivity index (χ4n) is 1.43. The van der Waals surface area contributed by atoms with Crippen molar-refractivity contribution in [1.82, 2.24) is 15.3 Å². The molecule has 1 aromatic rings. The van der Waals surface area contributed by atoms with Gasteiger partial charge in [-0.3, -0.25) is 0 Å². The van der Waals surface area contributed by atoms with E-state index in [9.17, 15) is 0 Å². The number of piperidine rings is 1. The van der Waals surface area contributed by atoms with Gasteiger partial charge in [0.05, 0.1) is 17.4 Å². The average molecular weight is 214 g/mol. The average Bonchev–Trinajstić information content (AvgIpc) is 2.23. The van der Waals surface area contributed by atoms with E-state index in [1.807, 2.05) is 0 Å². The SMILES string of the molecule is Clc1cnc(O[C@H]2CCCNC2)nc1. The highest BCUT2D eigenvalue weighted by atomic mass is 35.5. The minimum atomic E-state index is 0.185. The Kier molecular flexibility index (Phi) is 3.16. The first-order valence-electron chi connectivity index (χ1n) is 4.69. The van der Waals surface area contributed by atoms with E-state index < -0.39 is 0 Å². The molecule has 76 valence electrons. The molecule has 0 saturated carbocycles. The van der Waals surface area contributed by atoms with Crippen molar-refractivity contribution < 1.29 is 4.74 Å². The Morgan fingerprint density at radius 3 is 2.86 bits per heavy atom. The summed E-state index contributed by atoms with van der Waals surface area (Å²) in [7, 11) is 0. The van der Waals surface area contributed by atoms with Crippen LogP contribution in [0.4, 0.5) is 0 Å². The lowest BCUT2D eigenvalue weighted by atomic mass is 10.1. The highest BCUT2D eigenvalue weighted by Crippen LogP contribution is 2.12. The number of nitrogens with one attached hydrogen (secondary N) is 1. The molecule has 1 aliphatic heterocycles. The van der Waals surface area contributed by atoms with Crippen molar-refractivity contribution in [3.63, 3.8) is 0 Å². The van der Waals surface area contributed by atoms with Crippen LogP contribution in [0, 0.1) is 0 Å². The van der Waals surface area contributed by atoms with Gasteiger partial charge in [-0.2, -0.15) is 0 Å². The standard InChI is InChI=1S/C9H12ClN3O/c10-7-4-12-9(13-5-7)14-8-2-1-3-11-6-8/h4-5,8,11H,1-3,6H2/t8-/m0/s1. The van der Waals surface area contributed by atoms with Crippen LogP contribution < -0.4 is 10.1 Å². The van der Waals surface area contributed by atoms with E-state index in [0.717, 1.165) is 25.9 Å². The first kappa shape index (κ1) is 9.68. The van der Waals surface area contributed by atoms with Crippen LogP contribution in [0.3, 0.4) is 0 Å². The number of nitrogens with zero attached hydrogens (tertiary/aromatic N) is 2. The molecule has 1 fully saturated rings. The number of ether oxygens (including phenoxy) is 1. The van der Waals surface area contributed by atoms with E-state index in [2.05, 4.69) is 15.3 Å². The molecule has 1 saturated heterocycles. The van der Waals surface area contributed by atoms with Gasteiger partial charge in [-0.15, -0.1) is 0 Å². The van der Waals surface area contributed by atoms with Crippen molar-refractivity contribution in [2.24, 2.45) is 0 Å². The Morgan fingerprint density at radius 2 is 2.21 bits per heavy atom. The summed E-state index contributed by atoms with van der Waals surface area (Å²) in [5, 5.41) is 3.79. The lowest BCUT2D eigenvalue weighted by molar-refractivity contribution is 0.153. The van der Waals surface area contributed by atoms with Crippen LogP contribution in [0.2, 0.25) is 5.02 Å². The second-order valence-electron chi connectivity index (χ2n) is 3.27. The number of hydrogen-bond acceptors (Lipinski definition) is 4. The second-order valence-corrected chi connectivity index (χ2v) is 3.71. The Hall–Kier alpha value is -0.870. The van der Waals surface area contributed by atoms with Gasteiger partial charge in [0.2, 0.25) is 0 Å². The summed E-state index contributed by atoms with van der Waals surface area (Å²) in [5.74, 6) is 0. The maximum absolute atomic E-state index is 5.66. The lowest BCUT2D eigenvalue weighted by Crippen LogP contribution is -2.37. The number of aromatic nitrogens is 2. The molecular weight excluding hydrogens is 202 g/mol. The largest absolute Gasteiger partial charge is 0.459 e. The van der Waals surface area contributed by atoms with Gasteiger partial charge in [0.15, 0.2) is 0 Å². The van der Waals surface area contributed by atoms with Gasteiger partial charge in [0.1, 0.15) is 6.10 Å². The van der Waals surface area contributed by atoms with Crippen LogP contribution in [0.15, 0.2) is 12.4 Å². The van der Waals surface area contributed by atoms with E-state index in [4.69, 9.17) is 16.3 Å². The molecule has 2 heterocycles. The molecule has 0 bridgehead atoms. The molecule has 0 unspecified atom stereocenters. The Morgan fingerprint density at radius 1 is 1.43 bits per heavy atom. The third-order valence-electron chi connectivity index (χ3n) is 2.12. The zero-order valence-corrected chi connectivity index (χ0v) is 8.50. The molecule has 14 heavy (non-hydrogen) atoms. The van der Waals surface area contributed by atoms with Gasteiger partial charge in [0.25, 0.3) is 0 Å². The third-order valence-corrected chi connectivity index (χ3v) is 2.32. The molecule has 1 atom stereocenters. The smallest absolute Gasteiger partial charge is 0.316 e. The van der Waals surface area contributed by atoms with Crippen LogP contribution in [0.5, 0.6) is 6.01 Å². The molecule has 0 radical (unpaired) electrons. The monoisotopic (exact) mass is 213 g/mol. The van der Waals surface area contributed by atoms with Crippen LogP contribution in [-0.4, -0.2) is 29.2 Å². The summed E-state index contributed by atoms with van der Waals surface area (Å²) in [6, 6.07) is 0.406. The fraction of sp³-hybridized carbons (Fsp3) is 0.556. The first-order valence-corrected chi connectivity index (χ1v) is 5.07. The predicted octanol–water partition coefficient (Wildman–Crippen LogP) is 1.26. The molecule has 4 nitrogen and oxygen atoms in total. The van der Waals surface area contributed by atoms with E-state index in [1.165, 1.54) is 0 Å². The van der Waals surface area contributed by atoms with Gasteiger partial charge in [0, 0.05) is 6.54 Å². The summed E-state index contributed by atoms with van der Waals surface area (Å²) < 4.78 is 5.57. The Bertz CT molecular complexity index is 285. The second kappa shape index (κ2) is 4.57. The summed E-state index contributed by atoms with van der Waals surface area (Å²) in [6.07, 6.45) is 5.46. The van der Waals surface area contributed by atoms with Crippen LogP contribution in [0.1, 0.15) is 12.8 Å². The molecular formula is C9H12ClN3O. The van der Waals surface area contributed by atoms with Gasteiger partial charge < -0.3 is 10.1 Å². The number of hydrogen-bond donors (Lipinski definition) is 1. The van der Waals surface area contributed by atoms with Crippen molar-refractivity contribution in [1.29, 1.82) is 0 Å². The van der Waals surface area contributed by atoms with Crippen molar-refractivity contribution in [2.45, 2.75) is 18.9 Å². The molecule has 1 aromatic heterocycles. The first-order chi connectivity index (χ1) is 6.84. The normalized spacial score (nSPS) is 21.9. The zero-order valence-electron chi connectivity index (χ0n) is 7.74. The molecule has 0 amide bonds. The van der Waals surface area contributed by atoms with Crippen molar-refractivity contribution >= 4 is 11.6 Å². The number of halogens is 1. The van der Waals surface area contributed by atoms with E-state index >= 15 is 0 Å². The molecule has 5 heteroatoms. The zero-order chi connectivity index (χ0) is 9.80. The Balaban J connectivity index is 1.92. The molecule has 0 aliphatic carbocycles. The molecule has 1 aliphatic rings. The minimum absolute atomic E-state index is 0.185. The highest BCUT2D eigenvalue weighted by molar-refractivity contribution is 6.30. The van der Waals surface area contributed by atoms with Crippen LogP contribution >= 0.6 is 11.6 Å². The summed E-state index contributed by atoms with van der Waals surface area (Å²) in [6.45, 7) is 1.94. The van der Waals surface area contributed by atoms with Gasteiger partial charge >= 0.3 is 6.01 Å². The van der Waals surface area contributed by atoms with E-state index in [1.54, 1.807) is 12.4 Å². The lowest BCUT2D eigenvalue weighted by Gasteiger charge is -2.22. The number of rotatable bonds is 2. The van der Waals surface area contributed by atoms with Crippen molar-refractivity contribution in [3.05, 3.63) is 17.4 Å². The van der Waals surface area contributed by atoms with Gasteiger partial charge in [-0.1, -0.05) is 11.6 Å². The fourth-order valence-corrected chi connectivity index (χ4v) is 1.53. The molecule has 2 rings (SSSR count). The van der Waals surface area contributed by atoms with Crippen molar-refractivity contribution in [2.75, 3.05) is 13.1 Å². The highest BCUT2D eigenvalue weighted by Gasteiger charge is 2.15. The minimum Gasteiger partial charge on any atom is -0.459 e. The van der Waals surface area contributed by atoms with Gasteiger partial charge in [-0.25, -0.2) is 9.97 Å².